The SMILES string of the molecule is O=C(Nc1ccc(S(=O)(=O)N2CCCC2CO)cc1)c1cn[nH]c1-c1cccnc1. The number of nitrogens with zero attached hydrogens (tertiary/aromatic N) is 3. The van der Waals surface area contributed by atoms with Gasteiger partial charge in [0, 0.05) is 36.2 Å². The predicted octanol–water partition coefficient (Wildman–Crippen LogP) is 1.87. The molecule has 2 aromatic heterocycles. The molecule has 4 rings (SSSR count). The lowest BCUT2D eigenvalue weighted by Gasteiger charge is -2.22. The zero-order valence-electron chi connectivity index (χ0n) is 16.0. The number of pyridine rings is 1. The second-order valence-electron chi connectivity index (χ2n) is 6.97. The van der Waals surface area contributed by atoms with Crippen LogP contribution in [0.4, 0.5) is 5.69 Å². The second kappa shape index (κ2) is 8.34. The molecule has 1 aliphatic rings. The molecule has 0 radical (unpaired) electrons. The molecule has 0 bridgehead atoms. The second-order valence-corrected chi connectivity index (χ2v) is 8.86. The van der Waals surface area contributed by atoms with Crippen LogP contribution >= 0.6 is 0 Å². The van der Waals surface area contributed by atoms with Crippen molar-refractivity contribution in [3.63, 3.8) is 0 Å². The van der Waals surface area contributed by atoms with Crippen LogP contribution in [0.1, 0.15) is 23.2 Å². The van der Waals surface area contributed by atoms with Crippen molar-refractivity contribution in [2.24, 2.45) is 0 Å². The van der Waals surface area contributed by atoms with Gasteiger partial charge in [0.25, 0.3) is 5.91 Å². The van der Waals surface area contributed by atoms with Gasteiger partial charge >= 0.3 is 0 Å². The summed E-state index contributed by atoms with van der Waals surface area (Å²) in [5.74, 6) is -0.377. The van der Waals surface area contributed by atoms with E-state index in [0.717, 1.165) is 12.0 Å². The Balaban J connectivity index is 1.51. The minimum atomic E-state index is -3.69. The molecule has 1 amide bonds. The summed E-state index contributed by atoms with van der Waals surface area (Å²) in [5, 5.41) is 18.9. The fraction of sp³-hybridized carbons (Fsp3) is 0.250. The smallest absolute Gasteiger partial charge is 0.259 e. The number of hydrogen-bond acceptors (Lipinski definition) is 6. The Bertz CT molecular complexity index is 1130. The Hall–Kier alpha value is -3.08. The van der Waals surface area contributed by atoms with E-state index >= 15 is 0 Å². The van der Waals surface area contributed by atoms with Crippen LogP contribution in [0, 0.1) is 0 Å². The van der Waals surface area contributed by atoms with E-state index in [-0.39, 0.29) is 23.5 Å². The third-order valence-corrected chi connectivity index (χ3v) is 7.05. The number of rotatable bonds is 6. The number of nitrogens with one attached hydrogen (secondary N) is 2. The van der Waals surface area contributed by atoms with Crippen LogP contribution in [0.25, 0.3) is 11.3 Å². The number of carbonyl (C=O) groups excluding carboxylic acids is 1. The predicted molar refractivity (Wildman–Crippen MR) is 110 cm³/mol. The first kappa shape index (κ1) is 20.2. The Morgan fingerprint density at radius 3 is 2.73 bits per heavy atom. The van der Waals surface area contributed by atoms with Crippen LogP contribution in [-0.4, -0.2) is 58.1 Å². The highest BCUT2D eigenvalue weighted by Crippen LogP contribution is 2.27. The van der Waals surface area contributed by atoms with E-state index < -0.39 is 10.0 Å². The number of aliphatic hydroxyl groups is 1. The number of H-pyrrole nitrogens is 1. The molecule has 30 heavy (non-hydrogen) atoms. The largest absolute Gasteiger partial charge is 0.395 e. The highest BCUT2D eigenvalue weighted by Gasteiger charge is 2.34. The van der Waals surface area contributed by atoms with Gasteiger partial charge in [0.1, 0.15) is 0 Å². The van der Waals surface area contributed by atoms with Crippen molar-refractivity contribution < 1.29 is 18.3 Å². The summed E-state index contributed by atoms with van der Waals surface area (Å²) in [4.78, 5) is 16.9. The van der Waals surface area contributed by atoms with Crippen molar-refractivity contribution in [2.45, 2.75) is 23.8 Å². The van der Waals surface area contributed by atoms with Gasteiger partial charge in [0.05, 0.1) is 29.0 Å². The van der Waals surface area contributed by atoms with E-state index in [1.165, 1.54) is 22.6 Å². The van der Waals surface area contributed by atoms with Crippen molar-refractivity contribution in [2.75, 3.05) is 18.5 Å². The Morgan fingerprint density at radius 2 is 2.03 bits per heavy atom. The fourth-order valence-corrected chi connectivity index (χ4v) is 5.23. The van der Waals surface area contributed by atoms with Crippen LogP contribution in [-0.2, 0) is 10.0 Å². The van der Waals surface area contributed by atoms with Crippen molar-refractivity contribution in [3.05, 3.63) is 60.6 Å². The van der Waals surface area contributed by atoms with Crippen molar-refractivity contribution >= 4 is 21.6 Å². The third-order valence-electron chi connectivity index (χ3n) is 5.09. The zero-order chi connectivity index (χ0) is 21.1. The number of sulfonamides is 1. The van der Waals surface area contributed by atoms with Gasteiger partial charge in [-0.2, -0.15) is 9.40 Å². The molecule has 3 heterocycles. The van der Waals surface area contributed by atoms with Gasteiger partial charge in [-0.15, -0.1) is 0 Å². The van der Waals surface area contributed by atoms with Crippen molar-refractivity contribution in [1.82, 2.24) is 19.5 Å². The number of amides is 1. The van der Waals surface area contributed by atoms with Gasteiger partial charge in [-0.3, -0.25) is 14.9 Å². The van der Waals surface area contributed by atoms with Crippen LogP contribution in [0.5, 0.6) is 0 Å². The third kappa shape index (κ3) is 3.84. The summed E-state index contributed by atoms with van der Waals surface area (Å²) in [6.07, 6.45) is 6.07. The van der Waals surface area contributed by atoms with Crippen molar-refractivity contribution in [1.29, 1.82) is 0 Å². The normalized spacial score (nSPS) is 17.2. The monoisotopic (exact) mass is 427 g/mol. The number of benzene rings is 1. The average molecular weight is 427 g/mol. The van der Waals surface area contributed by atoms with Crippen LogP contribution in [0.3, 0.4) is 0 Å². The van der Waals surface area contributed by atoms with Gasteiger partial charge in [0.2, 0.25) is 10.0 Å². The number of carbonyl (C=O) groups is 1. The number of aromatic nitrogens is 3. The van der Waals surface area contributed by atoms with E-state index in [4.69, 9.17) is 0 Å². The summed E-state index contributed by atoms with van der Waals surface area (Å²) in [5.41, 5.74) is 2.08. The van der Waals surface area contributed by atoms with Gasteiger partial charge in [-0.05, 0) is 49.2 Å². The summed E-state index contributed by atoms with van der Waals surface area (Å²) in [7, 11) is -3.69. The molecule has 0 spiro atoms. The number of aromatic amines is 1. The van der Waals surface area contributed by atoms with E-state index in [1.807, 2.05) is 6.07 Å². The maximum absolute atomic E-state index is 12.8. The molecule has 3 aromatic rings. The molecule has 10 heteroatoms. The molecular formula is C20H21N5O4S. The van der Waals surface area contributed by atoms with E-state index in [1.54, 1.807) is 30.6 Å². The molecule has 0 saturated carbocycles. The Morgan fingerprint density at radius 1 is 1.23 bits per heavy atom. The van der Waals surface area contributed by atoms with E-state index in [2.05, 4.69) is 20.5 Å². The number of hydrogen-bond donors (Lipinski definition) is 3. The Kier molecular flexibility index (Phi) is 5.62. The molecule has 9 nitrogen and oxygen atoms in total. The molecule has 1 saturated heterocycles. The number of aliphatic hydroxyl groups excluding tert-OH is 1. The average Bonchev–Trinajstić information content (AvgIpc) is 3.44. The minimum Gasteiger partial charge on any atom is -0.395 e. The minimum absolute atomic E-state index is 0.125. The molecule has 1 aromatic carbocycles. The zero-order valence-corrected chi connectivity index (χ0v) is 16.8. The highest BCUT2D eigenvalue weighted by atomic mass is 32.2. The molecule has 1 fully saturated rings. The molecule has 0 aliphatic carbocycles. The summed E-state index contributed by atoms with van der Waals surface area (Å²) in [6.45, 7) is 0.195. The molecule has 1 atom stereocenters. The molecular weight excluding hydrogens is 406 g/mol. The Labute approximate surface area is 173 Å². The van der Waals surface area contributed by atoms with Gasteiger partial charge in [-0.25, -0.2) is 8.42 Å². The quantitative estimate of drug-likeness (QED) is 0.551. The number of anilines is 1. The highest BCUT2D eigenvalue weighted by molar-refractivity contribution is 7.89. The topological polar surface area (TPSA) is 128 Å². The van der Waals surface area contributed by atoms with Gasteiger partial charge in [-0.1, -0.05) is 0 Å². The first-order valence-corrected chi connectivity index (χ1v) is 10.9. The maximum Gasteiger partial charge on any atom is 0.259 e. The van der Waals surface area contributed by atoms with E-state index in [0.29, 0.717) is 29.9 Å². The van der Waals surface area contributed by atoms with Crippen LogP contribution < -0.4 is 5.32 Å². The van der Waals surface area contributed by atoms with Gasteiger partial charge in [0.15, 0.2) is 0 Å². The summed E-state index contributed by atoms with van der Waals surface area (Å²) >= 11 is 0. The van der Waals surface area contributed by atoms with Crippen LogP contribution in [0.15, 0.2) is 59.9 Å². The lowest BCUT2D eigenvalue weighted by Crippen LogP contribution is -2.37. The molecule has 3 N–H and O–H groups in total. The molecule has 1 aliphatic heterocycles. The fourth-order valence-electron chi connectivity index (χ4n) is 3.54. The first-order chi connectivity index (χ1) is 14.5. The lowest BCUT2D eigenvalue weighted by atomic mass is 10.1. The van der Waals surface area contributed by atoms with Crippen LogP contribution in [0.2, 0.25) is 0 Å². The van der Waals surface area contributed by atoms with Crippen molar-refractivity contribution in [3.8, 4) is 11.3 Å². The standard InChI is InChI=1S/C20H21N5O4S/c26-13-16-4-2-10-25(16)30(28,29)17-7-5-15(6-8-17)23-20(27)18-12-22-24-19(18)14-3-1-9-21-11-14/h1,3,5-9,11-12,16,26H,2,4,10,13H2,(H,22,24)(H,23,27). The first-order valence-electron chi connectivity index (χ1n) is 9.48. The molecule has 156 valence electrons. The van der Waals surface area contributed by atoms with E-state index in [9.17, 15) is 18.3 Å². The van der Waals surface area contributed by atoms with Gasteiger partial charge < -0.3 is 10.4 Å². The lowest BCUT2D eigenvalue weighted by molar-refractivity contribution is 0.102. The summed E-state index contributed by atoms with van der Waals surface area (Å²) < 4.78 is 27.0. The summed E-state index contributed by atoms with van der Waals surface area (Å²) in [6, 6.07) is 9.18. The molecule has 1 unspecified atom stereocenters. The maximum atomic E-state index is 12.8.